The maximum atomic E-state index is 12.9. The average Bonchev–Trinajstić information content (AvgIpc) is 3.25. The van der Waals surface area contributed by atoms with E-state index in [9.17, 15) is 13.2 Å². The zero-order valence-corrected chi connectivity index (χ0v) is 15.8. The van der Waals surface area contributed by atoms with E-state index < -0.39 is 15.9 Å². The summed E-state index contributed by atoms with van der Waals surface area (Å²) in [5, 5.41) is 8.70. The average molecular weight is 383 g/mol. The molecule has 0 aliphatic carbocycles. The summed E-state index contributed by atoms with van der Waals surface area (Å²) in [4.78, 5) is 13.7. The van der Waals surface area contributed by atoms with Gasteiger partial charge in [-0.05, 0) is 30.7 Å². The van der Waals surface area contributed by atoms with Crippen LogP contribution in [0.5, 0.6) is 0 Å². The molecule has 2 aromatic heterocycles. The number of aromatic nitrogens is 2. The fourth-order valence-corrected chi connectivity index (χ4v) is 5.24. The minimum absolute atomic E-state index is 0.110. The number of sulfonamides is 1. The van der Waals surface area contributed by atoms with E-state index in [4.69, 9.17) is 0 Å². The van der Waals surface area contributed by atoms with Crippen LogP contribution >= 0.6 is 11.3 Å². The zero-order chi connectivity index (χ0) is 17.9. The molecule has 1 N–H and O–H groups in total. The van der Waals surface area contributed by atoms with Crippen molar-refractivity contribution in [2.75, 3.05) is 19.6 Å². The lowest BCUT2D eigenvalue weighted by molar-refractivity contribution is 0.0950. The molecule has 0 aromatic carbocycles. The van der Waals surface area contributed by atoms with Crippen molar-refractivity contribution in [2.45, 2.75) is 30.7 Å². The van der Waals surface area contributed by atoms with Gasteiger partial charge in [-0.1, -0.05) is 12.5 Å². The van der Waals surface area contributed by atoms with Crippen molar-refractivity contribution in [2.24, 2.45) is 7.05 Å². The predicted molar refractivity (Wildman–Crippen MR) is 96.2 cm³/mol. The van der Waals surface area contributed by atoms with Gasteiger partial charge >= 0.3 is 0 Å². The molecule has 0 unspecified atom stereocenters. The number of hydrogen-bond donors (Lipinski definition) is 1. The number of hydrogen-bond acceptors (Lipinski definition) is 5. The Morgan fingerprint density at radius 2 is 2.08 bits per heavy atom. The fourth-order valence-electron chi connectivity index (χ4n) is 2.89. The monoisotopic (exact) mass is 382 g/mol. The van der Waals surface area contributed by atoms with Crippen LogP contribution in [0.25, 0.3) is 0 Å². The molecule has 25 heavy (non-hydrogen) atoms. The van der Waals surface area contributed by atoms with E-state index in [1.807, 2.05) is 17.5 Å². The molecule has 0 bridgehead atoms. The first-order chi connectivity index (χ1) is 12.0. The van der Waals surface area contributed by atoms with Crippen LogP contribution in [0.15, 0.2) is 28.7 Å². The van der Waals surface area contributed by atoms with Crippen LogP contribution in [0.4, 0.5) is 0 Å². The molecule has 1 aliphatic rings. The molecule has 1 amide bonds. The number of carbonyl (C=O) groups excluding carboxylic acids is 1. The summed E-state index contributed by atoms with van der Waals surface area (Å²) in [6.07, 6.45) is 4.91. The molecule has 0 spiro atoms. The SMILES string of the molecule is Cn1cc(C(=O)NCCc2cccs2)c(S(=O)(=O)N2CCCCC2)n1. The van der Waals surface area contributed by atoms with Crippen LogP contribution < -0.4 is 5.32 Å². The summed E-state index contributed by atoms with van der Waals surface area (Å²) < 4.78 is 28.5. The molecule has 0 radical (unpaired) electrons. The highest BCUT2D eigenvalue weighted by atomic mass is 32.2. The number of rotatable bonds is 6. The minimum atomic E-state index is -3.74. The third kappa shape index (κ3) is 4.10. The van der Waals surface area contributed by atoms with Crippen LogP contribution in [0.2, 0.25) is 0 Å². The highest BCUT2D eigenvalue weighted by molar-refractivity contribution is 7.89. The Labute approximate surface area is 151 Å². The summed E-state index contributed by atoms with van der Waals surface area (Å²) in [5.41, 5.74) is 0.110. The van der Waals surface area contributed by atoms with Gasteiger partial charge in [-0.25, -0.2) is 8.42 Å². The van der Waals surface area contributed by atoms with Gasteiger partial charge in [0, 0.05) is 37.8 Å². The van der Waals surface area contributed by atoms with Crippen LogP contribution in [0, 0.1) is 0 Å². The van der Waals surface area contributed by atoms with E-state index in [0.29, 0.717) is 19.6 Å². The second-order valence-electron chi connectivity index (χ2n) is 6.07. The van der Waals surface area contributed by atoms with Crippen molar-refractivity contribution in [3.05, 3.63) is 34.2 Å². The molecule has 3 heterocycles. The van der Waals surface area contributed by atoms with E-state index in [1.54, 1.807) is 18.4 Å². The van der Waals surface area contributed by atoms with Crippen LogP contribution in [-0.4, -0.2) is 48.0 Å². The number of aryl methyl sites for hydroxylation is 1. The topological polar surface area (TPSA) is 84.3 Å². The Hall–Kier alpha value is -1.71. The summed E-state index contributed by atoms with van der Waals surface area (Å²) >= 11 is 1.63. The Balaban J connectivity index is 1.74. The number of amides is 1. The van der Waals surface area contributed by atoms with E-state index in [1.165, 1.54) is 20.1 Å². The first-order valence-corrected chi connectivity index (χ1v) is 10.6. The summed E-state index contributed by atoms with van der Waals surface area (Å²) in [6, 6.07) is 3.97. The summed E-state index contributed by atoms with van der Waals surface area (Å²) in [6.45, 7) is 1.42. The first-order valence-electron chi connectivity index (χ1n) is 8.33. The van der Waals surface area contributed by atoms with Gasteiger partial charge in [0.2, 0.25) is 5.03 Å². The summed E-state index contributed by atoms with van der Waals surface area (Å²) in [7, 11) is -2.12. The molecule has 3 rings (SSSR count). The number of piperidine rings is 1. The molecule has 0 saturated carbocycles. The predicted octanol–water partition coefficient (Wildman–Crippen LogP) is 1.63. The molecule has 9 heteroatoms. The van der Waals surface area contributed by atoms with Crippen molar-refractivity contribution in [1.82, 2.24) is 19.4 Å². The normalized spacial score (nSPS) is 16.0. The molecule has 1 saturated heterocycles. The second kappa shape index (κ2) is 7.67. The highest BCUT2D eigenvalue weighted by Crippen LogP contribution is 2.22. The van der Waals surface area contributed by atoms with Crippen molar-refractivity contribution in [3.8, 4) is 0 Å². The van der Waals surface area contributed by atoms with Crippen LogP contribution in [0.1, 0.15) is 34.5 Å². The molecule has 0 atom stereocenters. The number of thiophene rings is 1. The van der Waals surface area contributed by atoms with Crippen molar-refractivity contribution in [3.63, 3.8) is 0 Å². The van der Waals surface area contributed by atoms with Crippen LogP contribution in [0.3, 0.4) is 0 Å². The van der Waals surface area contributed by atoms with Crippen LogP contribution in [-0.2, 0) is 23.5 Å². The van der Waals surface area contributed by atoms with Gasteiger partial charge in [0.05, 0.1) is 5.56 Å². The fraction of sp³-hybridized carbons (Fsp3) is 0.500. The molecule has 7 nitrogen and oxygen atoms in total. The Kier molecular flexibility index (Phi) is 5.55. The van der Waals surface area contributed by atoms with Crippen molar-refractivity contribution >= 4 is 27.3 Å². The standard InChI is InChI=1S/C16H22N4O3S2/c1-19-12-14(15(21)17-8-7-13-6-5-11-24-13)16(18-19)25(22,23)20-9-3-2-4-10-20/h5-6,11-12H,2-4,7-10H2,1H3,(H,17,21). The van der Waals surface area contributed by atoms with Gasteiger partial charge in [0.15, 0.2) is 0 Å². The zero-order valence-electron chi connectivity index (χ0n) is 14.1. The Bertz CT molecular complexity index is 822. The summed E-state index contributed by atoms with van der Waals surface area (Å²) in [5.74, 6) is -0.403. The van der Waals surface area contributed by atoms with E-state index in [-0.39, 0.29) is 10.6 Å². The molecular weight excluding hydrogens is 360 g/mol. The smallest absolute Gasteiger partial charge is 0.263 e. The molecule has 2 aromatic rings. The van der Waals surface area contributed by atoms with E-state index in [0.717, 1.165) is 25.7 Å². The third-order valence-electron chi connectivity index (χ3n) is 4.18. The van der Waals surface area contributed by atoms with Gasteiger partial charge in [-0.3, -0.25) is 9.48 Å². The minimum Gasteiger partial charge on any atom is -0.352 e. The lowest BCUT2D eigenvalue weighted by atomic mass is 10.2. The number of nitrogens with zero attached hydrogens (tertiary/aromatic N) is 3. The van der Waals surface area contributed by atoms with Gasteiger partial charge in [0.25, 0.3) is 15.9 Å². The maximum Gasteiger partial charge on any atom is 0.263 e. The van der Waals surface area contributed by atoms with E-state index in [2.05, 4.69) is 10.4 Å². The van der Waals surface area contributed by atoms with Gasteiger partial charge in [0.1, 0.15) is 0 Å². The number of nitrogens with one attached hydrogen (secondary N) is 1. The van der Waals surface area contributed by atoms with Gasteiger partial charge in [-0.15, -0.1) is 11.3 Å². The van der Waals surface area contributed by atoms with Gasteiger partial charge < -0.3 is 5.32 Å². The largest absolute Gasteiger partial charge is 0.352 e. The molecule has 136 valence electrons. The third-order valence-corrected chi connectivity index (χ3v) is 6.95. The first kappa shape index (κ1) is 18.1. The van der Waals surface area contributed by atoms with Crippen molar-refractivity contribution < 1.29 is 13.2 Å². The lowest BCUT2D eigenvalue weighted by Gasteiger charge is -2.25. The quantitative estimate of drug-likeness (QED) is 0.823. The molecule has 1 fully saturated rings. The highest BCUT2D eigenvalue weighted by Gasteiger charge is 2.33. The van der Waals surface area contributed by atoms with Gasteiger partial charge in [-0.2, -0.15) is 9.40 Å². The Morgan fingerprint density at radius 3 is 2.76 bits per heavy atom. The molecule has 1 aliphatic heterocycles. The lowest BCUT2D eigenvalue weighted by Crippen LogP contribution is -2.37. The molecular formula is C16H22N4O3S2. The maximum absolute atomic E-state index is 12.9. The van der Waals surface area contributed by atoms with E-state index >= 15 is 0 Å². The number of carbonyl (C=O) groups is 1. The van der Waals surface area contributed by atoms with Crippen molar-refractivity contribution in [1.29, 1.82) is 0 Å². The second-order valence-corrected chi connectivity index (χ2v) is 8.96. The Morgan fingerprint density at radius 1 is 1.32 bits per heavy atom.